The number of carboxylic acid groups (broad SMARTS) is 2. The number of rotatable bonds is 29. The van der Waals surface area contributed by atoms with E-state index in [-0.39, 0.29) is 76.3 Å². The molecule has 0 unspecified atom stereocenters. The lowest BCUT2D eigenvalue weighted by molar-refractivity contribution is -0.143. The molecule has 1 aromatic carbocycles. The van der Waals surface area contributed by atoms with Gasteiger partial charge in [0.1, 0.15) is 60.1 Å². The van der Waals surface area contributed by atoms with Crippen molar-refractivity contribution in [2.75, 3.05) is 46.0 Å². The Balaban J connectivity index is 1.65. The van der Waals surface area contributed by atoms with Crippen molar-refractivity contribution in [1.29, 1.82) is 0 Å². The predicted molar refractivity (Wildman–Crippen MR) is 255 cm³/mol. The molecular formula is C44H67N13O17. The van der Waals surface area contributed by atoms with Crippen LogP contribution < -0.4 is 54.4 Å². The van der Waals surface area contributed by atoms with E-state index in [4.69, 9.17) is 17.2 Å². The first kappa shape index (κ1) is 60.6. The van der Waals surface area contributed by atoms with Gasteiger partial charge in [-0.05, 0) is 69.6 Å². The third-order valence-electron chi connectivity index (χ3n) is 11.8. The minimum Gasteiger partial charge on any atom is -0.508 e. The molecule has 2 fully saturated rings. The molecule has 30 heteroatoms. The van der Waals surface area contributed by atoms with Crippen LogP contribution in [0.3, 0.4) is 0 Å². The number of amides is 9. The number of carbonyl (C=O) groups is 11. The van der Waals surface area contributed by atoms with Crippen LogP contribution in [0.15, 0.2) is 29.3 Å². The minimum atomic E-state index is -1.70. The van der Waals surface area contributed by atoms with E-state index in [0.29, 0.717) is 12.0 Å². The average Bonchev–Trinajstić information content (AvgIpc) is 4.07. The lowest BCUT2D eigenvalue weighted by Crippen LogP contribution is -2.60. The second-order valence-electron chi connectivity index (χ2n) is 17.4. The molecule has 74 heavy (non-hydrogen) atoms. The predicted octanol–water partition coefficient (Wildman–Crippen LogP) is -7.73. The molecule has 0 bridgehead atoms. The Morgan fingerprint density at radius 1 is 0.662 bits per heavy atom. The number of likely N-dealkylation sites (tertiary alicyclic amines) is 2. The highest BCUT2D eigenvalue weighted by molar-refractivity contribution is 5.98. The summed E-state index contributed by atoms with van der Waals surface area (Å²) in [5.74, 6) is -11.3. The maximum atomic E-state index is 13.8. The fourth-order valence-corrected chi connectivity index (χ4v) is 7.86. The van der Waals surface area contributed by atoms with Gasteiger partial charge in [0.2, 0.25) is 53.2 Å². The van der Waals surface area contributed by atoms with E-state index in [1.807, 2.05) is 0 Å². The summed E-state index contributed by atoms with van der Waals surface area (Å²) in [6.07, 6.45) is -0.353. The first-order valence-electron chi connectivity index (χ1n) is 23.6. The summed E-state index contributed by atoms with van der Waals surface area (Å²) in [5, 5.41) is 74.3. The number of carboxylic acids is 2. The van der Waals surface area contributed by atoms with Crippen molar-refractivity contribution in [2.45, 2.75) is 119 Å². The molecule has 1 aromatic rings. The zero-order valence-electron chi connectivity index (χ0n) is 40.6. The second-order valence-corrected chi connectivity index (χ2v) is 17.4. The number of nitrogens with two attached hydrogens (primary N) is 3. The third kappa shape index (κ3) is 18.7. The highest BCUT2D eigenvalue weighted by Gasteiger charge is 2.41. The number of phenolic OH excluding ortho intramolecular Hbond substituents is 1. The lowest BCUT2D eigenvalue weighted by atomic mass is 10.1. The highest BCUT2D eigenvalue weighted by atomic mass is 16.4. The van der Waals surface area contributed by atoms with Gasteiger partial charge in [-0.3, -0.25) is 52.9 Å². The first-order chi connectivity index (χ1) is 35.0. The zero-order valence-corrected chi connectivity index (χ0v) is 40.6. The van der Waals surface area contributed by atoms with Gasteiger partial charge in [-0.2, -0.15) is 0 Å². The quantitative estimate of drug-likeness (QED) is 0.0201. The van der Waals surface area contributed by atoms with E-state index in [1.165, 1.54) is 31.2 Å². The van der Waals surface area contributed by atoms with Crippen molar-refractivity contribution >= 4 is 71.1 Å². The number of nitrogens with one attached hydrogen (secondary N) is 7. The molecule has 9 atom stereocenters. The van der Waals surface area contributed by atoms with Gasteiger partial charge in [-0.15, -0.1) is 0 Å². The Labute approximate surface area is 423 Å². The van der Waals surface area contributed by atoms with Crippen molar-refractivity contribution in [3.05, 3.63) is 29.8 Å². The van der Waals surface area contributed by atoms with E-state index in [1.54, 1.807) is 0 Å². The molecule has 2 aliphatic heterocycles. The fourth-order valence-electron chi connectivity index (χ4n) is 7.86. The standard InChI is InChI=1S/C44H67N13O17/c1-22(35(65)54-28(43(73)74)17-23-8-10-24(61)11-9-23)50-38(68)29(20-59)55-37(67)26(5-2-14-48-44(46)47)52-40(70)32-7-4-16-57(32)42(72)30(21-60)51-33(62)18-49-39(69)31-6-3-15-56(31)41(71)27(12-13-34(63)64)53-36(66)25(45)19-58/h8-11,22,25-32,58-61H,2-7,12-21,45H2,1H3,(H,49,69)(H,50,68)(H,51,62)(H,52,70)(H,53,66)(H,54,65)(H,55,67)(H,63,64)(H,73,74)(H4,46,47,48)/t22-,25-,26-,27-,28-,29-,30-,31-,32-/m0/s1. The lowest BCUT2D eigenvalue weighted by Gasteiger charge is -2.30. The summed E-state index contributed by atoms with van der Waals surface area (Å²) >= 11 is 0. The fraction of sp³-hybridized carbons (Fsp3) is 0.591. The van der Waals surface area contributed by atoms with Gasteiger partial charge in [-0.1, -0.05) is 12.1 Å². The first-order valence-corrected chi connectivity index (χ1v) is 23.6. The van der Waals surface area contributed by atoms with Crippen molar-refractivity contribution in [3.8, 4) is 5.75 Å². The zero-order chi connectivity index (χ0) is 55.2. The molecule has 2 heterocycles. The Morgan fingerprint density at radius 3 is 1.77 bits per heavy atom. The molecule has 410 valence electrons. The van der Waals surface area contributed by atoms with Gasteiger partial charge >= 0.3 is 11.9 Å². The summed E-state index contributed by atoms with van der Waals surface area (Å²) in [4.78, 5) is 149. The maximum absolute atomic E-state index is 13.8. The highest BCUT2D eigenvalue weighted by Crippen LogP contribution is 2.21. The Morgan fingerprint density at radius 2 is 1.22 bits per heavy atom. The molecule has 0 radical (unpaired) electrons. The third-order valence-corrected chi connectivity index (χ3v) is 11.8. The number of aliphatic imine (C=N–C) groups is 1. The van der Waals surface area contributed by atoms with Crippen LogP contribution in [-0.4, -0.2) is 212 Å². The molecule has 2 saturated heterocycles. The van der Waals surface area contributed by atoms with Crippen LogP contribution in [-0.2, 0) is 59.2 Å². The Bertz CT molecular complexity index is 2210. The largest absolute Gasteiger partial charge is 0.508 e. The number of phenols is 1. The maximum Gasteiger partial charge on any atom is 0.326 e. The number of aliphatic hydroxyl groups excluding tert-OH is 3. The van der Waals surface area contributed by atoms with Crippen LogP contribution in [0.1, 0.15) is 63.9 Å². The van der Waals surface area contributed by atoms with E-state index in [2.05, 4.69) is 42.2 Å². The molecule has 0 saturated carbocycles. The van der Waals surface area contributed by atoms with Crippen molar-refractivity contribution in [2.24, 2.45) is 22.2 Å². The summed E-state index contributed by atoms with van der Waals surface area (Å²) < 4.78 is 0. The van der Waals surface area contributed by atoms with E-state index < -0.39 is 152 Å². The van der Waals surface area contributed by atoms with Crippen LogP contribution in [0.25, 0.3) is 0 Å². The average molecular weight is 1050 g/mol. The number of aliphatic carboxylic acids is 2. The van der Waals surface area contributed by atoms with Gasteiger partial charge < -0.3 is 94.9 Å². The Kier molecular flexibility index (Phi) is 24.3. The number of nitrogens with zero attached hydrogens (tertiary/aromatic N) is 3. The van der Waals surface area contributed by atoms with E-state index >= 15 is 0 Å². The van der Waals surface area contributed by atoms with Gasteiger partial charge in [-0.25, -0.2) is 4.79 Å². The monoisotopic (exact) mass is 1050 g/mol. The van der Waals surface area contributed by atoms with Crippen LogP contribution in [0, 0.1) is 0 Å². The van der Waals surface area contributed by atoms with Gasteiger partial charge in [0.05, 0.1) is 26.4 Å². The minimum absolute atomic E-state index is 0.0115. The van der Waals surface area contributed by atoms with Crippen molar-refractivity contribution < 1.29 is 83.4 Å². The van der Waals surface area contributed by atoms with Gasteiger partial charge in [0, 0.05) is 32.5 Å². The number of aliphatic hydroxyl groups is 3. The van der Waals surface area contributed by atoms with Crippen LogP contribution in [0.2, 0.25) is 0 Å². The van der Waals surface area contributed by atoms with Gasteiger partial charge in [0.15, 0.2) is 5.96 Å². The molecule has 0 spiro atoms. The van der Waals surface area contributed by atoms with Crippen molar-refractivity contribution in [1.82, 2.24) is 47.0 Å². The molecular weight excluding hydrogens is 983 g/mol. The van der Waals surface area contributed by atoms with Crippen LogP contribution in [0.4, 0.5) is 0 Å². The van der Waals surface area contributed by atoms with E-state index in [9.17, 15) is 83.4 Å². The molecule has 19 N–H and O–H groups in total. The smallest absolute Gasteiger partial charge is 0.326 e. The molecule has 0 aromatic heterocycles. The van der Waals surface area contributed by atoms with Crippen molar-refractivity contribution in [3.63, 3.8) is 0 Å². The molecule has 0 aliphatic carbocycles. The number of aromatic hydroxyl groups is 1. The molecule has 30 nitrogen and oxygen atoms in total. The number of hydrogen-bond donors (Lipinski definition) is 16. The van der Waals surface area contributed by atoms with E-state index in [0.717, 1.165) is 9.80 Å². The molecule has 2 aliphatic rings. The Hall–Kier alpha value is -7.70. The van der Waals surface area contributed by atoms with Gasteiger partial charge in [0.25, 0.3) is 0 Å². The number of carbonyl (C=O) groups excluding carboxylic acids is 9. The number of hydrogen-bond acceptors (Lipinski definition) is 17. The van der Waals surface area contributed by atoms with Crippen LogP contribution in [0.5, 0.6) is 5.75 Å². The summed E-state index contributed by atoms with van der Waals surface area (Å²) in [5.41, 5.74) is 16.8. The normalized spacial score (nSPS) is 17.9. The second kappa shape index (κ2) is 29.7. The number of benzene rings is 1. The molecule has 9 amide bonds. The summed E-state index contributed by atoms with van der Waals surface area (Å²) in [6.45, 7) is -2.26. The SMILES string of the molecule is C[C@H](NC(=O)[C@H](CO)NC(=O)[C@H](CCCN=C(N)N)NC(=O)[C@@H]1CCCN1C(=O)[C@H](CO)NC(=O)CNC(=O)[C@@H]1CCCN1C(=O)[C@H](CCC(=O)O)NC(=O)[C@@H](N)CO)C(=O)N[C@@H](Cc1ccc(O)cc1)C(=O)O. The van der Waals surface area contributed by atoms with Crippen LogP contribution >= 0.6 is 0 Å². The number of guanidine groups is 1. The topological polar surface area (TPSA) is 490 Å². The molecule has 3 rings (SSSR count). The summed E-state index contributed by atoms with van der Waals surface area (Å²) in [7, 11) is 0. The summed E-state index contributed by atoms with van der Waals surface area (Å²) in [6, 6.07) is -7.27.